The first kappa shape index (κ1) is 6.80. The van der Waals surface area contributed by atoms with Gasteiger partial charge < -0.3 is 4.90 Å². The van der Waals surface area contributed by atoms with E-state index in [1.165, 1.54) is 0 Å². The fourth-order valence-electron chi connectivity index (χ4n) is 1.34. The molecule has 0 aliphatic carbocycles. The molecule has 2 atom stereocenters. The molecule has 2 aliphatic rings. The first-order valence-corrected chi connectivity index (χ1v) is 4.80. The summed E-state index contributed by atoms with van der Waals surface area (Å²) in [6.07, 6.45) is 0.734. The molecule has 2 fully saturated rings. The van der Waals surface area contributed by atoms with Gasteiger partial charge in [-0.3, -0.25) is 4.79 Å². The third-order valence-corrected chi connectivity index (χ3v) is 3.93. The second-order valence-electron chi connectivity index (χ2n) is 2.62. The zero-order chi connectivity index (χ0) is 7.14. The molecule has 0 spiro atoms. The van der Waals surface area contributed by atoms with Gasteiger partial charge in [0.1, 0.15) is 0 Å². The van der Waals surface area contributed by atoms with Crippen molar-refractivity contribution in [3.8, 4) is 0 Å². The van der Waals surface area contributed by atoms with Crippen molar-refractivity contribution in [2.75, 3.05) is 12.4 Å². The molecule has 2 heterocycles. The minimum Gasteiger partial charge on any atom is -0.329 e. The highest BCUT2D eigenvalue weighted by molar-refractivity contribution is 8.01. The van der Waals surface area contributed by atoms with Gasteiger partial charge in [0.15, 0.2) is 0 Å². The SMILES string of the molecule is O=C1C[C@H]2S[C@@H](CCl)CN12. The number of amides is 1. The third-order valence-electron chi connectivity index (χ3n) is 1.94. The smallest absolute Gasteiger partial charge is 0.226 e. The number of carbonyl (C=O) groups is 1. The van der Waals surface area contributed by atoms with Gasteiger partial charge in [-0.2, -0.15) is 0 Å². The highest BCUT2D eigenvalue weighted by atomic mass is 35.5. The molecule has 10 heavy (non-hydrogen) atoms. The molecule has 2 aliphatic heterocycles. The van der Waals surface area contributed by atoms with Crippen LogP contribution in [0.2, 0.25) is 0 Å². The van der Waals surface area contributed by atoms with Crippen LogP contribution in [0.3, 0.4) is 0 Å². The fraction of sp³-hybridized carbons (Fsp3) is 0.833. The Kier molecular flexibility index (Phi) is 1.57. The zero-order valence-corrected chi connectivity index (χ0v) is 6.99. The molecule has 2 saturated heterocycles. The molecule has 4 heteroatoms. The van der Waals surface area contributed by atoms with Gasteiger partial charge in [0.25, 0.3) is 0 Å². The number of hydrogen-bond acceptors (Lipinski definition) is 2. The molecule has 0 saturated carbocycles. The van der Waals surface area contributed by atoms with Crippen molar-refractivity contribution in [3.63, 3.8) is 0 Å². The minimum absolute atomic E-state index is 0.296. The quantitative estimate of drug-likeness (QED) is 0.438. The summed E-state index contributed by atoms with van der Waals surface area (Å²) in [6.45, 7) is 0.873. The van der Waals surface area contributed by atoms with Crippen LogP contribution in [0.4, 0.5) is 0 Å². The molecule has 0 bridgehead atoms. The highest BCUT2D eigenvalue weighted by Crippen LogP contribution is 2.39. The van der Waals surface area contributed by atoms with E-state index in [1.54, 1.807) is 0 Å². The maximum atomic E-state index is 10.8. The van der Waals surface area contributed by atoms with Crippen molar-refractivity contribution in [1.29, 1.82) is 0 Å². The Balaban J connectivity index is 1.99. The lowest BCUT2D eigenvalue weighted by atomic mass is 10.2. The lowest BCUT2D eigenvalue weighted by Gasteiger charge is -2.32. The predicted octanol–water partition coefficient (Wildman–Crippen LogP) is 0.899. The lowest BCUT2D eigenvalue weighted by Crippen LogP contribution is -2.47. The van der Waals surface area contributed by atoms with E-state index in [0.29, 0.717) is 22.4 Å². The summed E-state index contributed by atoms with van der Waals surface area (Å²) in [7, 11) is 0. The van der Waals surface area contributed by atoms with Gasteiger partial charge in [-0.15, -0.1) is 23.4 Å². The Bertz CT molecular complexity index is 175. The largest absolute Gasteiger partial charge is 0.329 e. The number of rotatable bonds is 1. The Labute approximate surface area is 68.9 Å². The van der Waals surface area contributed by atoms with Crippen molar-refractivity contribution in [2.45, 2.75) is 17.0 Å². The first-order valence-electron chi connectivity index (χ1n) is 3.32. The van der Waals surface area contributed by atoms with Crippen molar-refractivity contribution in [2.24, 2.45) is 0 Å². The monoisotopic (exact) mass is 177 g/mol. The summed E-state index contributed by atoms with van der Waals surface area (Å²) in [4.78, 5) is 12.8. The minimum atomic E-state index is 0.296. The molecule has 56 valence electrons. The van der Waals surface area contributed by atoms with Crippen LogP contribution in [-0.4, -0.2) is 33.9 Å². The molecule has 0 unspecified atom stereocenters. The molecular formula is C6H8ClNOS. The molecule has 0 aromatic rings. The van der Waals surface area contributed by atoms with Gasteiger partial charge in [0, 0.05) is 17.7 Å². The number of β-lactam (4-membered cyclic amide) rings is 1. The van der Waals surface area contributed by atoms with Crippen molar-refractivity contribution < 1.29 is 4.79 Å². The van der Waals surface area contributed by atoms with E-state index in [-0.39, 0.29) is 0 Å². The number of fused-ring (bicyclic) bond motifs is 1. The molecule has 2 rings (SSSR count). The van der Waals surface area contributed by atoms with E-state index < -0.39 is 0 Å². The summed E-state index contributed by atoms with van der Waals surface area (Å²) in [5, 5.41) is 0.953. The van der Waals surface area contributed by atoms with Gasteiger partial charge >= 0.3 is 0 Å². The molecule has 1 amide bonds. The van der Waals surface area contributed by atoms with Gasteiger partial charge in [-0.1, -0.05) is 0 Å². The fourth-order valence-corrected chi connectivity index (χ4v) is 3.00. The lowest BCUT2D eigenvalue weighted by molar-refractivity contribution is -0.140. The summed E-state index contributed by atoms with van der Waals surface area (Å²) in [5.74, 6) is 0.968. The van der Waals surface area contributed by atoms with Gasteiger partial charge in [0.2, 0.25) is 5.91 Å². The maximum absolute atomic E-state index is 10.8. The molecular weight excluding hydrogens is 170 g/mol. The topological polar surface area (TPSA) is 20.3 Å². The first-order chi connectivity index (χ1) is 4.81. The summed E-state index contributed by atoms with van der Waals surface area (Å²) in [6, 6.07) is 0. The van der Waals surface area contributed by atoms with Crippen LogP contribution in [0.15, 0.2) is 0 Å². The molecule has 0 N–H and O–H groups in total. The van der Waals surface area contributed by atoms with Crippen LogP contribution >= 0.6 is 23.4 Å². The molecule has 0 radical (unpaired) electrons. The van der Waals surface area contributed by atoms with E-state index in [0.717, 1.165) is 13.0 Å². The number of thioether (sulfide) groups is 1. The van der Waals surface area contributed by atoms with E-state index in [4.69, 9.17) is 11.6 Å². The molecule has 0 aromatic heterocycles. The Morgan fingerprint density at radius 3 is 3.10 bits per heavy atom. The van der Waals surface area contributed by atoms with E-state index in [9.17, 15) is 4.79 Å². The van der Waals surface area contributed by atoms with Gasteiger partial charge in [-0.25, -0.2) is 0 Å². The van der Waals surface area contributed by atoms with Crippen LogP contribution in [0.1, 0.15) is 6.42 Å². The van der Waals surface area contributed by atoms with Crippen molar-refractivity contribution in [3.05, 3.63) is 0 Å². The predicted molar refractivity (Wildman–Crippen MR) is 42.2 cm³/mol. The van der Waals surface area contributed by atoms with Crippen LogP contribution in [0.5, 0.6) is 0 Å². The number of halogens is 1. The van der Waals surface area contributed by atoms with E-state index in [1.807, 2.05) is 16.7 Å². The average Bonchev–Trinajstić information content (AvgIpc) is 2.26. The standard InChI is InChI=1S/C6H8ClNOS/c7-2-4-3-8-5(9)1-6(8)10-4/h4,6H,1-3H2/t4-,6+/m0/s1. The Morgan fingerprint density at radius 2 is 2.60 bits per heavy atom. The van der Waals surface area contributed by atoms with Crippen LogP contribution in [0.25, 0.3) is 0 Å². The summed E-state index contributed by atoms with van der Waals surface area (Å²) >= 11 is 7.49. The van der Waals surface area contributed by atoms with Crippen LogP contribution < -0.4 is 0 Å². The number of alkyl halides is 1. The third kappa shape index (κ3) is 0.839. The number of nitrogens with zero attached hydrogens (tertiary/aromatic N) is 1. The van der Waals surface area contributed by atoms with E-state index in [2.05, 4.69) is 0 Å². The molecule has 2 nitrogen and oxygen atoms in total. The van der Waals surface area contributed by atoms with Crippen LogP contribution in [-0.2, 0) is 4.79 Å². The summed E-state index contributed by atoms with van der Waals surface area (Å²) < 4.78 is 0. The summed E-state index contributed by atoms with van der Waals surface area (Å²) in [5.41, 5.74) is 0. The second kappa shape index (κ2) is 2.31. The van der Waals surface area contributed by atoms with Crippen LogP contribution in [0, 0.1) is 0 Å². The maximum Gasteiger partial charge on any atom is 0.226 e. The number of hydrogen-bond donors (Lipinski definition) is 0. The zero-order valence-electron chi connectivity index (χ0n) is 5.42. The molecule has 0 aromatic carbocycles. The normalized spacial score (nSPS) is 37.7. The Morgan fingerprint density at radius 1 is 1.80 bits per heavy atom. The van der Waals surface area contributed by atoms with Crippen molar-refractivity contribution >= 4 is 29.3 Å². The Hall–Kier alpha value is 0.110. The van der Waals surface area contributed by atoms with E-state index >= 15 is 0 Å². The second-order valence-corrected chi connectivity index (χ2v) is 4.41. The number of carbonyl (C=O) groups excluding carboxylic acids is 1. The van der Waals surface area contributed by atoms with Gasteiger partial charge in [0.05, 0.1) is 11.8 Å². The average molecular weight is 178 g/mol. The van der Waals surface area contributed by atoms with Gasteiger partial charge in [-0.05, 0) is 0 Å². The van der Waals surface area contributed by atoms with Crippen molar-refractivity contribution in [1.82, 2.24) is 4.90 Å². The highest BCUT2D eigenvalue weighted by Gasteiger charge is 2.44.